The van der Waals surface area contributed by atoms with Crippen LogP contribution in [0.1, 0.15) is 38.1 Å². The molecule has 2 aromatic heterocycles. The SMILES string of the molecule is CCc1nc2cc(CS(=O)(=O)N3CCN(c4cnn(-c5cc(F)cc(F)c5)c(=O)c4OCC4(C)CC4)CC3)ccc2o1. The maximum atomic E-state index is 13.9. The molecule has 6 rings (SSSR count). The van der Waals surface area contributed by atoms with E-state index in [1.165, 1.54) is 10.5 Å². The summed E-state index contributed by atoms with van der Waals surface area (Å²) in [7, 11) is -3.64. The van der Waals surface area contributed by atoms with Crippen LogP contribution in [0, 0.1) is 17.0 Å². The monoisotopic (exact) mass is 599 g/mol. The molecule has 0 spiro atoms. The fourth-order valence-corrected chi connectivity index (χ4v) is 6.51. The largest absolute Gasteiger partial charge is 0.486 e. The topological polar surface area (TPSA) is 111 Å². The summed E-state index contributed by atoms with van der Waals surface area (Å²) in [5, 5.41) is 4.19. The van der Waals surface area contributed by atoms with E-state index in [9.17, 15) is 22.0 Å². The Bertz CT molecular complexity index is 1790. The molecule has 2 aliphatic rings. The van der Waals surface area contributed by atoms with Gasteiger partial charge in [-0.2, -0.15) is 14.1 Å². The second kappa shape index (κ2) is 10.8. The summed E-state index contributed by atoms with van der Waals surface area (Å²) in [6.45, 7) is 5.30. The van der Waals surface area contributed by atoms with Crippen molar-refractivity contribution in [3.05, 3.63) is 76.0 Å². The molecule has 1 aliphatic heterocycles. The molecule has 3 heterocycles. The van der Waals surface area contributed by atoms with E-state index in [1.54, 1.807) is 18.2 Å². The second-order valence-electron chi connectivity index (χ2n) is 11.2. The predicted octanol–water partition coefficient (Wildman–Crippen LogP) is 4.05. The Morgan fingerprint density at radius 3 is 2.43 bits per heavy atom. The van der Waals surface area contributed by atoms with Gasteiger partial charge in [-0.3, -0.25) is 4.79 Å². The molecule has 0 N–H and O–H groups in total. The molecule has 4 aromatic rings. The molecular weight excluding hydrogens is 568 g/mol. The van der Waals surface area contributed by atoms with Crippen LogP contribution in [0.3, 0.4) is 0 Å². The van der Waals surface area contributed by atoms with Crippen LogP contribution in [0.25, 0.3) is 16.8 Å². The van der Waals surface area contributed by atoms with Gasteiger partial charge in [-0.1, -0.05) is 19.9 Å². The van der Waals surface area contributed by atoms with Crippen molar-refractivity contribution in [3.63, 3.8) is 0 Å². The van der Waals surface area contributed by atoms with E-state index >= 15 is 0 Å². The van der Waals surface area contributed by atoms with Crippen LogP contribution in [-0.4, -0.2) is 60.3 Å². The molecule has 0 amide bonds. The number of hydrogen-bond acceptors (Lipinski definition) is 8. The zero-order valence-corrected chi connectivity index (χ0v) is 24.2. The first-order valence-electron chi connectivity index (χ1n) is 13.9. The molecule has 10 nitrogen and oxygen atoms in total. The van der Waals surface area contributed by atoms with Crippen molar-refractivity contribution < 1.29 is 26.4 Å². The Morgan fingerprint density at radius 2 is 1.76 bits per heavy atom. The number of ether oxygens (including phenoxy) is 1. The van der Waals surface area contributed by atoms with E-state index < -0.39 is 27.2 Å². The van der Waals surface area contributed by atoms with E-state index in [0.717, 1.165) is 35.7 Å². The first kappa shape index (κ1) is 28.3. The summed E-state index contributed by atoms with van der Waals surface area (Å²) in [5.74, 6) is -1.22. The third-order valence-electron chi connectivity index (χ3n) is 7.80. The zero-order valence-electron chi connectivity index (χ0n) is 23.3. The Kier molecular flexibility index (Phi) is 7.26. The summed E-state index contributed by atoms with van der Waals surface area (Å²) in [6, 6.07) is 7.97. The summed E-state index contributed by atoms with van der Waals surface area (Å²) in [6.07, 6.45) is 4.01. The van der Waals surface area contributed by atoms with Crippen molar-refractivity contribution in [2.75, 3.05) is 37.7 Å². The Morgan fingerprint density at radius 1 is 1.05 bits per heavy atom. The summed E-state index contributed by atoms with van der Waals surface area (Å²) >= 11 is 0. The second-order valence-corrected chi connectivity index (χ2v) is 13.2. The number of piperazine rings is 1. The smallest absolute Gasteiger partial charge is 0.316 e. The van der Waals surface area contributed by atoms with Crippen LogP contribution in [0.15, 0.2) is 51.8 Å². The highest BCUT2D eigenvalue weighted by Gasteiger charge is 2.39. The number of oxazole rings is 1. The van der Waals surface area contributed by atoms with Crippen LogP contribution in [0.2, 0.25) is 0 Å². The Hall–Kier alpha value is -3.84. The van der Waals surface area contributed by atoms with Crippen molar-refractivity contribution in [2.45, 2.75) is 38.9 Å². The number of anilines is 1. The molecule has 42 heavy (non-hydrogen) atoms. The van der Waals surface area contributed by atoms with Crippen molar-refractivity contribution in [1.82, 2.24) is 19.1 Å². The minimum atomic E-state index is -3.64. The zero-order chi connectivity index (χ0) is 29.6. The maximum Gasteiger partial charge on any atom is 0.316 e. The van der Waals surface area contributed by atoms with Gasteiger partial charge in [-0.15, -0.1) is 0 Å². The van der Waals surface area contributed by atoms with E-state index in [-0.39, 0.29) is 35.7 Å². The average molecular weight is 600 g/mol. The van der Waals surface area contributed by atoms with E-state index in [4.69, 9.17) is 9.15 Å². The van der Waals surface area contributed by atoms with Gasteiger partial charge < -0.3 is 14.1 Å². The number of aromatic nitrogens is 3. The molecule has 2 fully saturated rings. The molecule has 0 atom stereocenters. The molecule has 0 bridgehead atoms. The lowest BCUT2D eigenvalue weighted by molar-refractivity contribution is 0.242. The molecule has 0 radical (unpaired) electrons. The number of fused-ring (bicyclic) bond motifs is 1. The van der Waals surface area contributed by atoms with Crippen LogP contribution < -0.4 is 15.2 Å². The van der Waals surface area contributed by atoms with Gasteiger partial charge in [0.25, 0.3) is 0 Å². The molecule has 1 aliphatic carbocycles. The minimum Gasteiger partial charge on any atom is -0.486 e. The molecule has 2 aromatic carbocycles. The molecular formula is C29H31F2N5O5S. The molecule has 13 heteroatoms. The van der Waals surface area contributed by atoms with Crippen LogP contribution in [0.4, 0.5) is 14.5 Å². The average Bonchev–Trinajstić information content (AvgIpc) is 3.54. The number of aryl methyl sites for hydroxylation is 1. The highest BCUT2D eigenvalue weighted by Crippen LogP contribution is 2.45. The number of hydrogen-bond donors (Lipinski definition) is 0. The molecule has 0 unspecified atom stereocenters. The van der Waals surface area contributed by atoms with Crippen LogP contribution in [-0.2, 0) is 22.2 Å². The number of nitrogens with zero attached hydrogens (tertiary/aromatic N) is 5. The van der Waals surface area contributed by atoms with Gasteiger partial charge in [-0.25, -0.2) is 22.2 Å². The number of sulfonamides is 1. The van der Waals surface area contributed by atoms with Gasteiger partial charge in [0, 0.05) is 44.1 Å². The van der Waals surface area contributed by atoms with Crippen molar-refractivity contribution in [1.29, 1.82) is 0 Å². The fourth-order valence-electron chi connectivity index (χ4n) is 5.01. The molecule has 1 saturated heterocycles. The summed E-state index contributed by atoms with van der Waals surface area (Å²) in [4.78, 5) is 19.8. The van der Waals surface area contributed by atoms with Gasteiger partial charge in [0.15, 0.2) is 11.5 Å². The third kappa shape index (κ3) is 5.75. The highest BCUT2D eigenvalue weighted by molar-refractivity contribution is 7.88. The first-order valence-corrected chi connectivity index (χ1v) is 15.5. The standard InChI is InChI=1S/C29H31F2N5O5S/c1-3-26-33-23-12-19(4-5-25(23)41-26)17-42(38,39)35-10-8-34(9-11-35)24-16-32-36(22-14-20(30)13-21(31)15-22)28(37)27(24)40-18-29(2)6-7-29/h4-5,12-16H,3,6-11,17-18H2,1-2H3. The van der Waals surface area contributed by atoms with E-state index in [1.807, 2.05) is 11.8 Å². The van der Waals surface area contributed by atoms with Crippen molar-refractivity contribution in [3.8, 4) is 11.4 Å². The molecule has 1 saturated carbocycles. The van der Waals surface area contributed by atoms with Crippen molar-refractivity contribution in [2.24, 2.45) is 5.41 Å². The van der Waals surface area contributed by atoms with Gasteiger partial charge in [0.2, 0.25) is 15.8 Å². The fraction of sp³-hybridized carbons (Fsp3) is 0.414. The summed E-state index contributed by atoms with van der Waals surface area (Å²) < 4.78 is 68.4. The Balaban J connectivity index is 1.21. The van der Waals surface area contributed by atoms with Crippen molar-refractivity contribution >= 4 is 26.8 Å². The number of rotatable bonds is 9. The number of benzene rings is 2. The quantitative estimate of drug-likeness (QED) is 0.284. The van der Waals surface area contributed by atoms with E-state index in [0.29, 0.717) is 54.4 Å². The van der Waals surface area contributed by atoms with Crippen LogP contribution >= 0.6 is 0 Å². The lowest BCUT2D eigenvalue weighted by Crippen LogP contribution is -2.49. The Labute approximate surface area is 241 Å². The normalized spacial score (nSPS) is 17.1. The minimum absolute atomic E-state index is 0.0199. The number of halogens is 2. The van der Waals surface area contributed by atoms with E-state index in [2.05, 4.69) is 17.0 Å². The maximum absolute atomic E-state index is 13.9. The highest BCUT2D eigenvalue weighted by atomic mass is 32.2. The summed E-state index contributed by atoms with van der Waals surface area (Å²) in [5.41, 5.74) is 1.53. The predicted molar refractivity (Wildman–Crippen MR) is 152 cm³/mol. The lowest BCUT2D eigenvalue weighted by Gasteiger charge is -2.35. The molecule has 222 valence electrons. The first-order chi connectivity index (χ1) is 20.0. The third-order valence-corrected chi connectivity index (χ3v) is 9.65. The van der Waals surface area contributed by atoms with Gasteiger partial charge in [0.05, 0.1) is 24.2 Å². The van der Waals surface area contributed by atoms with Gasteiger partial charge in [-0.05, 0) is 42.7 Å². The lowest BCUT2D eigenvalue weighted by atomic mass is 10.2. The van der Waals surface area contributed by atoms with Gasteiger partial charge in [0.1, 0.15) is 22.8 Å². The van der Waals surface area contributed by atoms with Gasteiger partial charge >= 0.3 is 5.56 Å². The van der Waals surface area contributed by atoms with Crippen LogP contribution in [0.5, 0.6) is 5.75 Å².